The van der Waals surface area contributed by atoms with E-state index in [0.717, 1.165) is 56.2 Å². The number of benzene rings is 2. The molecule has 0 bridgehead atoms. The van der Waals surface area contributed by atoms with Crippen LogP contribution in [0.15, 0.2) is 48.7 Å². The molecule has 0 radical (unpaired) electrons. The molecule has 170 valence electrons. The third kappa shape index (κ3) is 4.71. The summed E-state index contributed by atoms with van der Waals surface area (Å²) in [5.74, 6) is -1.91. The molecular weight excluding hydrogens is 422 g/mol. The molecule has 4 rings (SSSR count). The summed E-state index contributed by atoms with van der Waals surface area (Å²) >= 11 is 0. The minimum absolute atomic E-state index is 0.188. The van der Waals surface area contributed by atoms with E-state index in [1.165, 1.54) is 18.2 Å². The molecule has 32 heavy (non-hydrogen) atoms. The Hall–Kier alpha value is -2.71. The van der Waals surface area contributed by atoms with Gasteiger partial charge < -0.3 is 15.6 Å². The highest BCUT2D eigenvalue weighted by Crippen LogP contribution is 2.35. The maximum atomic E-state index is 13.0. The number of hydrogen-bond acceptors (Lipinski definition) is 3. The number of nitrogens with one attached hydrogen (secondary N) is 1. The molecule has 0 amide bonds. The van der Waals surface area contributed by atoms with Crippen LogP contribution in [0.2, 0.25) is 0 Å². The first-order valence-corrected chi connectivity index (χ1v) is 10.7. The molecule has 1 aromatic heterocycles. The molecule has 1 saturated heterocycles. The Bertz CT molecular complexity index is 1080. The van der Waals surface area contributed by atoms with Crippen molar-refractivity contribution in [2.24, 2.45) is 11.7 Å². The van der Waals surface area contributed by atoms with Gasteiger partial charge in [0.1, 0.15) is 5.82 Å². The van der Waals surface area contributed by atoms with Crippen LogP contribution in [0.1, 0.15) is 40.4 Å². The molecule has 0 spiro atoms. The maximum Gasteiger partial charge on any atom is 0.454 e. The number of likely N-dealkylation sites (tertiary alicyclic amines) is 1. The van der Waals surface area contributed by atoms with Crippen molar-refractivity contribution in [2.75, 3.05) is 19.6 Å². The predicted molar refractivity (Wildman–Crippen MR) is 115 cm³/mol. The van der Waals surface area contributed by atoms with Crippen LogP contribution < -0.4 is 5.73 Å². The highest BCUT2D eigenvalue weighted by molar-refractivity contribution is 6.11. The summed E-state index contributed by atoms with van der Waals surface area (Å²) in [4.78, 5) is 16.9. The number of H-pyrrole nitrogens is 1. The number of carbonyl (C=O) groups excluding carboxylic acids is 1. The highest BCUT2D eigenvalue weighted by Gasteiger charge is 2.40. The SMILES string of the molecule is NC(c1cccc2c(C(=O)C(F)(F)F)c[nH]c12)C1CCN(CCc2ccc(F)cc2)CC1. The highest BCUT2D eigenvalue weighted by atomic mass is 19.4. The molecule has 1 aliphatic rings. The van der Waals surface area contributed by atoms with Crippen molar-refractivity contribution < 1.29 is 22.4 Å². The molecule has 1 fully saturated rings. The molecule has 1 atom stereocenters. The fourth-order valence-electron chi connectivity index (χ4n) is 4.52. The van der Waals surface area contributed by atoms with Gasteiger partial charge >= 0.3 is 6.18 Å². The minimum atomic E-state index is -4.92. The smallest absolute Gasteiger partial charge is 0.360 e. The normalized spacial score (nSPS) is 17.0. The molecule has 1 aliphatic heterocycles. The van der Waals surface area contributed by atoms with Crippen molar-refractivity contribution in [3.05, 3.63) is 71.2 Å². The Kier molecular flexibility index (Phi) is 6.35. The number of fused-ring (bicyclic) bond motifs is 1. The number of nitrogens with two attached hydrogens (primary N) is 1. The minimum Gasteiger partial charge on any atom is -0.360 e. The molecular formula is C24H25F4N3O. The third-order valence-electron chi connectivity index (χ3n) is 6.38. The average molecular weight is 447 g/mol. The van der Waals surface area contributed by atoms with Crippen LogP contribution in [0, 0.1) is 11.7 Å². The number of aromatic amines is 1. The number of ketones is 1. The number of Topliss-reactive ketones (excluding diaryl/α,β-unsaturated/α-hetero) is 1. The lowest BCUT2D eigenvalue weighted by Crippen LogP contribution is -2.38. The number of hydrogen-bond donors (Lipinski definition) is 2. The van der Waals surface area contributed by atoms with Gasteiger partial charge in [0.25, 0.3) is 5.78 Å². The lowest BCUT2D eigenvalue weighted by molar-refractivity contribution is -0.0884. The van der Waals surface area contributed by atoms with E-state index in [1.54, 1.807) is 18.2 Å². The van der Waals surface area contributed by atoms with Crippen molar-refractivity contribution >= 4 is 16.7 Å². The second-order valence-electron chi connectivity index (χ2n) is 8.38. The van der Waals surface area contributed by atoms with E-state index in [1.807, 2.05) is 6.07 Å². The number of alkyl halides is 3. The number of para-hydroxylation sites is 1. The Morgan fingerprint density at radius 1 is 1.12 bits per heavy atom. The summed E-state index contributed by atoms with van der Waals surface area (Å²) in [5.41, 5.74) is 8.49. The fourth-order valence-corrected chi connectivity index (χ4v) is 4.52. The van der Waals surface area contributed by atoms with E-state index in [0.29, 0.717) is 5.52 Å². The second-order valence-corrected chi connectivity index (χ2v) is 8.38. The molecule has 3 N–H and O–H groups in total. The van der Waals surface area contributed by atoms with Gasteiger partial charge in [0.15, 0.2) is 0 Å². The summed E-state index contributed by atoms with van der Waals surface area (Å²) in [6, 6.07) is 11.2. The Labute approximate surface area is 183 Å². The molecule has 1 unspecified atom stereocenters. The third-order valence-corrected chi connectivity index (χ3v) is 6.38. The number of piperidine rings is 1. The Morgan fingerprint density at radius 3 is 2.47 bits per heavy atom. The summed E-state index contributed by atoms with van der Waals surface area (Å²) in [7, 11) is 0. The molecule has 4 nitrogen and oxygen atoms in total. The van der Waals surface area contributed by atoms with Gasteiger partial charge in [-0.15, -0.1) is 0 Å². The van der Waals surface area contributed by atoms with Crippen LogP contribution in [0.5, 0.6) is 0 Å². The Balaban J connectivity index is 1.41. The summed E-state index contributed by atoms with van der Waals surface area (Å²) in [6.07, 6.45) is -1.22. The van der Waals surface area contributed by atoms with Gasteiger partial charge in [-0.3, -0.25) is 4.79 Å². The van der Waals surface area contributed by atoms with E-state index >= 15 is 0 Å². The van der Waals surface area contributed by atoms with Gasteiger partial charge in [0.2, 0.25) is 0 Å². The quantitative estimate of drug-likeness (QED) is 0.413. The fraction of sp³-hybridized carbons (Fsp3) is 0.375. The largest absolute Gasteiger partial charge is 0.454 e. The number of halogens is 4. The molecule has 0 saturated carbocycles. The molecule has 2 aromatic carbocycles. The molecule has 8 heteroatoms. The number of aromatic nitrogens is 1. The number of rotatable bonds is 6. The lowest BCUT2D eigenvalue weighted by atomic mass is 9.85. The van der Waals surface area contributed by atoms with Crippen LogP contribution in [-0.2, 0) is 6.42 Å². The Morgan fingerprint density at radius 2 is 1.81 bits per heavy atom. The van der Waals surface area contributed by atoms with Crippen molar-refractivity contribution in [1.82, 2.24) is 9.88 Å². The van der Waals surface area contributed by atoms with Gasteiger partial charge in [-0.2, -0.15) is 13.2 Å². The second kappa shape index (κ2) is 9.03. The van der Waals surface area contributed by atoms with Gasteiger partial charge in [0, 0.05) is 24.2 Å². The molecule has 0 aliphatic carbocycles. The number of carbonyl (C=O) groups is 1. The van der Waals surface area contributed by atoms with E-state index in [-0.39, 0.29) is 28.7 Å². The lowest BCUT2D eigenvalue weighted by Gasteiger charge is -2.35. The standard InChI is InChI=1S/C24H25F4N3O/c25-17-6-4-15(5-7-17)8-11-31-12-9-16(10-13-31)21(29)19-3-1-2-18-20(14-30-22(18)19)23(32)24(26,27)28/h1-7,14,16,21,30H,8-13,29H2. The zero-order chi connectivity index (χ0) is 22.9. The van der Waals surface area contributed by atoms with E-state index in [4.69, 9.17) is 5.73 Å². The van der Waals surface area contributed by atoms with Gasteiger partial charge in [0.05, 0.1) is 11.1 Å². The number of nitrogens with zero attached hydrogens (tertiary/aromatic N) is 1. The summed E-state index contributed by atoms with van der Waals surface area (Å²) in [5, 5.41) is 0.247. The van der Waals surface area contributed by atoms with Gasteiger partial charge in [-0.05, 0) is 61.5 Å². The molecule has 3 aromatic rings. The van der Waals surface area contributed by atoms with Crippen molar-refractivity contribution in [2.45, 2.75) is 31.5 Å². The summed E-state index contributed by atoms with van der Waals surface area (Å²) < 4.78 is 51.8. The van der Waals surface area contributed by atoms with E-state index in [2.05, 4.69) is 9.88 Å². The van der Waals surface area contributed by atoms with Gasteiger partial charge in [-0.25, -0.2) is 4.39 Å². The summed E-state index contributed by atoms with van der Waals surface area (Å²) in [6.45, 7) is 2.62. The monoisotopic (exact) mass is 447 g/mol. The van der Waals surface area contributed by atoms with Crippen LogP contribution in [0.25, 0.3) is 10.9 Å². The van der Waals surface area contributed by atoms with Crippen LogP contribution in [-0.4, -0.2) is 41.5 Å². The first kappa shape index (κ1) is 22.5. The van der Waals surface area contributed by atoms with E-state index in [9.17, 15) is 22.4 Å². The van der Waals surface area contributed by atoms with Gasteiger partial charge in [-0.1, -0.05) is 30.3 Å². The van der Waals surface area contributed by atoms with Crippen LogP contribution in [0.3, 0.4) is 0 Å². The van der Waals surface area contributed by atoms with Crippen molar-refractivity contribution in [3.8, 4) is 0 Å². The van der Waals surface area contributed by atoms with Crippen LogP contribution in [0.4, 0.5) is 17.6 Å². The first-order chi connectivity index (χ1) is 15.2. The first-order valence-electron chi connectivity index (χ1n) is 10.7. The van der Waals surface area contributed by atoms with Crippen molar-refractivity contribution in [3.63, 3.8) is 0 Å². The zero-order valence-corrected chi connectivity index (χ0v) is 17.5. The topological polar surface area (TPSA) is 62.1 Å². The van der Waals surface area contributed by atoms with Crippen LogP contribution >= 0.6 is 0 Å². The van der Waals surface area contributed by atoms with Crippen molar-refractivity contribution in [1.29, 1.82) is 0 Å². The zero-order valence-electron chi connectivity index (χ0n) is 17.5. The predicted octanol–water partition coefficient (Wildman–Crippen LogP) is 5.01. The van der Waals surface area contributed by atoms with E-state index < -0.39 is 12.0 Å². The average Bonchev–Trinajstić information content (AvgIpc) is 3.21. The maximum absolute atomic E-state index is 13.0. The molecule has 2 heterocycles.